The number of piperazine rings is 1. The summed E-state index contributed by atoms with van der Waals surface area (Å²) in [6.45, 7) is 7.45. The van der Waals surface area contributed by atoms with Gasteiger partial charge in [0.05, 0.1) is 22.7 Å². The minimum Gasteiger partial charge on any atom is -0.493 e. The molecule has 0 bridgehead atoms. The van der Waals surface area contributed by atoms with Crippen molar-refractivity contribution in [1.82, 2.24) is 9.80 Å². The molecule has 0 atom stereocenters. The molecule has 28 heavy (non-hydrogen) atoms. The van der Waals surface area contributed by atoms with E-state index >= 15 is 0 Å². The Morgan fingerprint density at radius 1 is 1.07 bits per heavy atom. The lowest BCUT2D eigenvalue weighted by Crippen LogP contribution is -2.48. The summed E-state index contributed by atoms with van der Waals surface area (Å²) in [5.41, 5.74) is 1.80. The molecule has 0 unspecified atom stereocenters. The first-order chi connectivity index (χ1) is 13.5. The number of thiocarbonyl (C=S) groups is 1. The van der Waals surface area contributed by atoms with Crippen LogP contribution < -0.4 is 9.47 Å². The lowest BCUT2D eigenvalue weighted by Gasteiger charge is -2.36. The first-order valence-corrected chi connectivity index (χ1v) is 10.4. The molecule has 0 amide bonds. The number of methoxy groups -OCH3 is 1. The van der Waals surface area contributed by atoms with Gasteiger partial charge in [-0.1, -0.05) is 54.5 Å². The number of ether oxygens (including phenoxy) is 2. The molecular formula is C21H24Cl2N2O2S. The molecule has 1 aliphatic heterocycles. The summed E-state index contributed by atoms with van der Waals surface area (Å²) in [5, 5.41) is 1.03. The number of halogens is 2. The zero-order valence-corrected chi connectivity index (χ0v) is 18.4. The van der Waals surface area contributed by atoms with E-state index in [-0.39, 0.29) is 0 Å². The van der Waals surface area contributed by atoms with Crippen molar-refractivity contribution in [2.45, 2.75) is 13.5 Å². The van der Waals surface area contributed by atoms with Gasteiger partial charge < -0.3 is 19.3 Å². The van der Waals surface area contributed by atoms with E-state index in [0.717, 1.165) is 48.8 Å². The second kappa shape index (κ2) is 9.79. The van der Waals surface area contributed by atoms with E-state index in [1.54, 1.807) is 19.2 Å². The van der Waals surface area contributed by atoms with Crippen LogP contribution in [0, 0.1) is 0 Å². The molecule has 0 radical (unpaired) electrons. The van der Waals surface area contributed by atoms with E-state index in [9.17, 15) is 0 Å². The highest BCUT2D eigenvalue weighted by Gasteiger charge is 2.22. The first kappa shape index (κ1) is 21.2. The SMILES string of the molecule is CCN1CCN(C(=S)c2cccc(OC)c2OCc2ccc(Cl)c(Cl)c2)CC1. The molecule has 7 heteroatoms. The second-order valence-corrected chi connectivity index (χ2v) is 7.80. The fourth-order valence-corrected chi connectivity index (χ4v) is 3.88. The summed E-state index contributed by atoms with van der Waals surface area (Å²) in [4.78, 5) is 5.45. The Morgan fingerprint density at radius 2 is 1.82 bits per heavy atom. The summed E-state index contributed by atoms with van der Waals surface area (Å²) in [6, 6.07) is 11.3. The van der Waals surface area contributed by atoms with Crippen molar-refractivity contribution < 1.29 is 9.47 Å². The highest BCUT2D eigenvalue weighted by Crippen LogP contribution is 2.33. The molecule has 0 N–H and O–H groups in total. The van der Waals surface area contributed by atoms with Crippen LogP contribution in [0.1, 0.15) is 18.1 Å². The van der Waals surface area contributed by atoms with E-state index in [1.165, 1.54) is 0 Å². The average Bonchev–Trinajstić information content (AvgIpc) is 2.73. The van der Waals surface area contributed by atoms with Crippen molar-refractivity contribution in [3.8, 4) is 11.5 Å². The maximum Gasteiger partial charge on any atom is 0.171 e. The van der Waals surface area contributed by atoms with Gasteiger partial charge in [-0.2, -0.15) is 0 Å². The second-order valence-electron chi connectivity index (χ2n) is 6.60. The predicted octanol–water partition coefficient (Wildman–Crippen LogP) is 4.89. The molecule has 1 saturated heterocycles. The molecule has 1 aliphatic rings. The van der Waals surface area contributed by atoms with Gasteiger partial charge in [-0.15, -0.1) is 0 Å². The van der Waals surface area contributed by atoms with Crippen LogP contribution in [0.15, 0.2) is 36.4 Å². The van der Waals surface area contributed by atoms with Crippen LogP contribution in [0.2, 0.25) is 10.0 Å². The van der Waals surface area contributed by atoms with Gasteiger partial charge in [0, 0.05) is 26.2 Å². The smallest absolute Gasteiger partial charge is 0.171 e. The molecule has 2 aromatic carbocycles. The number of benzene rings is 2. The van der Waals surface area contributed by atoms with Gasteiger partial charge in [-0.3, -0.25) is 0 Å². The third-order valence-electron chi connectivity index (χ3n) is 4.90. The molecule has 1 fully saturated rings. The Hall–Kier alpha value is -1.53. The van der Waals surface area contributed by atoms with Gasteiger partial charge in [-0.05, 0) is 36.4 Å². The maximum atomic E-state index is 6.14. The third-order valence-corrected chi connectivity index (χ3v) is 6.12. The number of likely N-dealkylation sites (N-methyl/N-ethyl adjacent to an activating group) is 1. The van der Waals surface area contributed by atoms with E-state index in [2.05, 4.69) is 16.7 Å². The van der Waals surface area contributed by atoms with Crippen molar-refractivity contribution in [3.63, 3.8) is 0 Å². The topological polar surface area (TPSA) is 24.9 Å². The van der Waals surface area contributed by atoms with Crippen molar-refractivity contribution >= 4 is 40.4 Å². The van der Waals surface area contributed by atoms with Crippen LogP contribution in [0.3, 0.4) is 0 Å². The molecule has 0 spiro atoms. The van der Waals surface area contributed by atoms with Crippen LogP contribution in [0.4, 0.5) is 0 Å². The van der Waals surface area contributed by atoms with Gasteiger partial charge in [0.1, 0.15) is 11.6 Å². The minimum atomic E-state index is 0.344. The number of para-hydroxylation sites is 1. The highest BCUT2D eigenvalue weighted by molar-refractivity contribution is 7.80. The maximum absolute atomic E-state index is 6.14. The fourth-order valence-electron chi connectivity index (χ4n) is 3.22. The first-order valence-electron chi connectivity index (χ1n) is 9.28. The summed E-state index contributed by atoms with van der Waals surface area (Å²) < 4.78 is 11.7. The van der Waals surface area contributed by atoms with Gasteiger partial charge in [0.25, 0.3) is 0 Å². The van der Waals surface area contributed by atoms with Gasteiger partial charge in [0.15, 0.2) is 11.5 Å². The van der Waals surface area contributed by atoms with Crippen molar-refractivity contribution in [3.05, 3.63) is 57.6 Å². The van der Waals surface area contributed by atoms with Crippen molar-refractivity contribution in [2.75, 3.05) is 39.8 Å². The Balaban J connectivity index is 1.80. The molecule has 0 aliphatic carbocycles. The van der Waals surface area contributed by atoms with Crippen LogP contribution in [0.25, 0.3) is 0 Å². The van der Waals surface area contributed by atoms with Gasteiger partial charge in [0.2, 0.25) is 0 Å². The lowest BCUT2D eigenvalue weighted by molar-refractivity contribution is 0.191. The lowest BCUT2D eigenvalue weighted by atomic mass is 10.1. The van der Waals surface area contributed by atoms with E-state index < -0.39 is 0 Å². The van der Waals surface area contributed by atoms with Gasteiger partial charge in [-0.25, -0.2) is 0 Å². The Kier molecular flexibility index (Phi) is 7.41. The largest absolute Gasteiger partial charge is 0.493 e. The van der Waals surface area contributed by atoms with E-state index in [0.29, 0.717) is 28.2 Å². The molecule has 2 aromatic rings. The number of nitrogens with zero attached hydrogens (tertiary/aromatic N) is 2. The molecule has 3 rings (SSSR count). The zero-order valence-electron chi connectivity index (χ0n) is 16.1. The average molecular weight is 439 g/mol. The number of rotatable bonds is 6. The molecule has 0 saturated carbocycles. The van der Waals surface area contributed by atoms with Crippen LogP contribution in [-0.2, 0) is 6.61 Å². The highest BCUT2D eigenvalue weighted by atomic mass is 35.5. The molecule has 4 nitrogen and oxygen atoms in total. The summed E-state index contributed by atoms with van der Waals surface area (Å²) >= 11 is 17.9. The molecule has 0 aromatic heterocycles. The van der Waals surface area contributed by atoms with E-state index in [1.807, 2.05) is 24.3 Å². The van der Waals surface area contributed by atoms with Crippen molar-refractivity contribution in [1.29, 1.82) is 0 Å². The van der Waals surface area contributed by atoms with Gasteiger partial charge >= 0.3 is 0 Å². The minimum absolute atomic E-state index is 0.344. The Bertz CT molecular complexity index is 839. The van der Waals surface area contributed by atoms with Crippen LogP contribution in [0.5, 0.6) is 11.5 Å². The normalized spacial score (nSPS) is 14.8. The standard InChI is InChI=1S/C21H24Cl2N2O2S/c1-3-24-9-11-25(12-10-24)21(28)16-5-4-6-19(26-2)20(16)27-14-15-7-8-17(22)18(23)13-15/h4-8,13H,3,9-12,14H2,1-2H3. The quantitative estimate of drug-likeness (QED) is 0.597. The Morgan fingerprint density at radius 3 is 2.46 bits per heavy atom. The third kappa shape index (κ3) is 4.90. The van der Waals surface area contributed by atoms with Crippen LogP contribution >= 0.6 is 35.4 Å². The van der Waals surface area contributed by atoms with Crippen LogP contribution in [-0.4, -0.2) is 54.6 Å². The summed E-state index contributed by atoms with van der Waals surface area (Å²) in [7, 11) is 1.63. The van der Waals surface area contributed by atoms with E-state index in [4.69, 9.17) is 44.9 Å². The fraction of sp³-hybridized carbons (Fsp3) is 0.381. The number of hydrogen-bond acceptors (Lipinski definition) is 4. The predicted molar refractivity (Wildman–Crippen MR) is 119 cm³/mol. The van der Waals surface area contributed by atoms with Crippen molar-refractivity contribution in [2.24, 2.45) is 0 Å². The molecule has 1 heterocycles. The number of hydrogen-bond donors (Lipinski definition) is 0. The molecular weight excluding hydrogens is 415 g/mol. The zero-order chi connectivity index (χ0) is 20.1. The molecule has 150 valence electrons. The summed E-state index contributed by atoms with van der Waals surface area (Å²) in [5.74, 6) is 1.31. The Labute approximate surface area is 181 Å². The monoisotopic (exact) mass is 438 g/mol. The summed E-state index contributed by atoms with van der Waals surface area (Å²) in [6.07, 6.45) is 0.